The number of carbonyl (C=O) groups is 1. The fourth-order valence-electron chi connectivity index (χ4n) is 4.60. The maximum absolute atomic E-state index is 13.2. The second kappa shape index (κ2) is 8.05. The van der Waals surface area contributed by atoms with E-state index in [1.165, 1.54) is 12.1 Å². The first-order chi connectivity index (χ1) is 12.0. The van der Waals surface area contributed by atoms with Crippen LogP contribution in [0.4, 0.5) is 4.39 Å². The molecule has 3 N–H and O–H groups in total. The van der Waals surface area contributed by atoms with Gasteiger partial charge in [-0.1, -0.05) is 30.5 Å². The zero-order valence-electron chi connectivity index (χ0n) is 14.7. The Morgan fingerprint density at radius 1 is 1.24 bits per heavy atom. The van der Waals surface area contributed by atoms with Gasteiger partial charge in [0.15, 0.2) is 0 Å². The van der Waals surface area contributed by atoms with E-state index >= 15 is 0 Å². The van der Waals surface area contributed by atoms with Gasteiger partial charge in [0.25, 0.3) is 0 Å². The van der Waals surface area contributed by atoms with Gasteiger partial charge in [0, 0.05) is 5.02 Å². The molecule has 25 heavy (non-hydrogen) atoms. The number of primary amides is 1. The van der Waals surface area contributed by atoms with Gasteiger partial charge >= 0.3 is 0 Å². The van der Waals surface area contributed by atoms with Crippen molar-refractivity contribution in [2.45, 2.75) is 69.2 Å². The fraction of sp³-hybridized carbons (Fsp3) is 0.650. The number of amides is 1. The molecule has 0 saturated heterocycles. The van der Waals surface area contributed by atoms with Crippen LogP contribution >= 0.6 is 11.6 Å². The molecule has 1 aromatic carbocycles. The third-order valence-corrected chi connectivity index (χ3v) is 6.52. The first-order valence-electron chi connectivity index (χ1n) is 9.50. The number of nitrogens with two attached hydrogens (primary N) is 1. The minimum atomic E-state index is -0.459. The smallest absolute Gasteiger partial charge is 0.237 e. The van der Waals surface area contributed by atoms with Crippen molar-refractivity contribution in [3.8, 4) is 0 Å². The summed E-state index contributed by atoms with van der Waals surface area (Å²) >= 11 is 6.21. The lowest BCUT2D eigenvalue weighted by molar-refractivity contribution is -0.124. The van der Waals surface area contributed by atoms with Crippen molar-refractivity contribution in [1.29, 1.82) is 0 Å². The number of hydrogen-bond donors (Lipinski definition) is 2. The topological polar surface area (TPSA) is 55.1 Å². The molecule has 0 heterocycles. The summed E-state index contributed by atoms with van der Waals surface area (Å²) in [5.74, 6) is 0.641. The van der Waals surface area contributed by atoms with E-state index in [-0.39, 0.29) is 11.7 Å². The second-order valence-electron chi connectivity index (χ2n) is 7.75. The molecular formula is C20H28ClFN2O. The number of nitrogens with one attached hydrogen (secondary N) is 1. The third kappa shape index (κ3) is 4.35. The number of halogens is 2. The molecule has 138 valence electrons. The van der Waals surface area contributed by atoms with Crippen molar-refractivity contribution in [3.63, 3.8) is 0 Å². The summed E-state index contributed by atoms with van der Waals surface area (Å²) in [6, 6.07) is 4.75. The highest BCUT2D eigenvalue weighted by molar-refractivity contribution is 6.31. The molecule has 1 amide bonds. The van der Waals surface area contributed by atoms with Crippen LogP contribution in [0, 0.1) is 11.7 Å². The number of rotatable bonds is 6. The van der Waals surface area contributed by atoms with E-state index in [9.17, 15) is 9.18 Å². The molecule has 0 spiro atoms. The average molecular weight is 367 g/mol. The second-order valence-corrected chi connectivity index (χ2v) is 8.16. The molecule has 2 aliphatic carbocycles. The van der Waals surface area contributed by atoms with Crippen LogP contribution in [0.2, 0.25) is 5.02 Å². The lowest BCUT2D eigenvalue weighted by Gasteiger charge is -2.31. The first-order valence-corrected chi connectivity index (χ1v) is 9.88. The molecule has 0 atom stereocenters. The Morgan fingerprint density at radius 2 is 1.92 bits per heavy atom. The lowest BCUT2D eigenvalue weighted by atomic mass is 9.77. The molecular weight excluding hydrogens is 339 g/mol. The normalized spacial score (nSPS) is 25.8. The summed E-state index contributed by atoms with van der Waals surface area (Å²) < 4.78 is 13.2. The van der Waals surface area contributed by atoms with Gasteiger partial charge in [-0.2, -0.15) is 0 Å². The summed E-state index contributed by atoms with van der Waals surface area (Å²) in [6.45, 7) is 0.857. The van der Waals surface area contributed by atoms with E-state index in [1.54, 1.807) is 0 Å². The van der Waals surface area contributed by atoms with Crippen LogP contribution in [0.3, 0.4) is 0 Å². The number of hydrogen-bond acceptors (Lipinski definition) is 2. The zero-order chi connectivity index (χ0) is 17.9. The van der Waals surface area contributed by atoms with Crippen LogP contribution < -0.4 is 11.1 Å². The Hall–Kier alpha value is -1.13. The van der Waals surface area contributed by atoms with E-state index < -0.39 is 5.54 Å². The van der Waals surface area contributed by atoms with Gasteiger partial charge in [-0.15, -0.1) is 0 Å². The van der Waals surface area contributed by atoms with E-state index in [1.807, 2.05) is 6.07 Å². The Labute approximate surface area is 154 Å². The first kappa shape index (κ1) is 18.7. The largest absolute Gasteiger partial charge is 0.368 e. The average Bonchev–Trinajstić information content (AvgIpc) is 3.06. The van der Waals surface area contributed by atoms with Crippen LogP contribution in [0.5, 0.6) is 0 Å². The Morgan fingerprint density at radius 3 is 2.52 bits per heavy atom. The summed E-state index contributed by atoms with van der Waals surface area (Å²) in [6.07, 6.45) is 9.50. The van der Waals surface area contributed by atoms with Gasteiger partial charge in [-0.3, -0.25) is 4.79 Å². The van der Waals surface area contributed by atoms with E-state index in [0.29, 0.717) is 16.9 Å². The SMILES string of the molecule is NC(=O)C1(NCC[C@H]2CC[C@@H](c3ccc(F)cc3Cl)CC2)CCCC1. The van der Waals surface area contributed by atoms with Gasteiger partial charge < -0.3 is 11.1 Å². The molecule has 0 aliphatic heterocycles. The predicted octanol–water partition coefficient (Wildman–Crippen LogP) is 4.53. The van der Waals surface area contributed by atoms with Gasteiger partial charge in [0.1, 0.15) is 5.82 Å². The standard InChI is InChI=1S/C20H28ClFN2O/c21-18-13-16(22)7-8-17(18)15-5-3-14(4-6-15)9-12-24-20(19(23)25)10-1-2-11-20/h7-8,13-15,24H,1-6,9-12H2,(H2,23,25)/t14-,15+. The zero-order valence-corrected chi connectivity index (χ0v) is 15.5. The van der Waals surface area contributed by atoms with Gasteiger partial charge in [-0.25, -0.2) is 4.39 Å². The van der Waals surface area contributed by atoms with E-state index in [4.69, 9.17) is 17.3 Å². The fourth-order valence-corrected chi connectivity index (χ4v) is 4.92. The Kier molecular flexibility index (Phi) is 6.00. The maximum Gasteiger partial charge on any atom is 0.237 e. The van der Waals surface area contributed by atoms with Gasteiger partial charge in [-0.05, 0) is 81.0 Å². The minimum Gasteiger partial charge on any atom is -0.368 e. The van der Waals surface area contributed by atoms with Crippen LogP contribution in [0.25, 0.3) is 0 Å². The predicted molar refractivity (Wildman–Crippen MR) is 99.1 cm³/mol. The highest BCUT2D eigenvalue weighted by atomic mass is 35.5. The van der Waals surface area contributed by atoms with Gasteiger partial charge in [0.05, 0.1) is 5.54 Å². The number of carbonyl (C=O) groups excluding carboxylic acids is 1. The Balaban J connectivity index is 1.46. The molecule has 1 aromatic rings. The van der Waals surface area contributed by atoms with Crippen LogP contribution in [0.15, 0.2) is 18.2 Å². The highest BCUT2D eigenvalue weighted by Gasteiger charge is 2.38. The number of benzene rings is 1. The van der Waals surface area contributed by atoms with E-state index in [0.717, 1.165) is 69.9 Å². The van der Waals surface area contributed by atoms with Crippen molar-refractivity contribution >= 4 is 17.5 Å². The lowest BCUT2D eigenvalue weighted by Crippen LogP contribution is -2.53. The molecule has 0 radical (unpaired) electrons. The van der Waals surface area contributed by atoms with Crippen molar-refractivity contribution in [2.24, 2.45) is 11.7 Å². The maximum atomic E-state index is 13.2. The summed E-state index contributed by atoms with van der Waals surface area (Å²) in [5, 5.41) is 4.01. The summed E-state index contributed by atoms with van der Waals surface area (Å²) in [7, 11) is 0. The third-order valence-electron chi connectivity index (χ3n) is 6.19. The van der Waals surface area contributed by atoms with Gasteiger partial charge in [0.2, 0.25) is 5.91 Å². The van der Waals surface area contributed by atoms with Crippen LogP contribution in [-0.2, 0) is 4.79 Å². The molecule has 3 rings (SSSR count). The molecule has 2 fully saturated rings. The van der Waals surface area contributed by atoms with Crippen LogP contribution in [0.1, 0.15) is 69.3 Å². The quantitative estimate of drug-likeness (QED) is 0.777. The molecule has 5 heteroatoms. The van der Waals surface area contributed by atoms with Crippen LogP contribution in [-0.4, -0.2) is 18.0 Å². The molecule has 0 bridgehead atoms. The minimum absolute atomic E-state index is 0.195. The highest BCUT2D eigenvalue weighted by Crippen LogP contribution is 2.39. The van der Waals surface area contributed by atoms with E-state index in [2.05, 4.69) is 5.32 Å². The molecule has 0 unspecified atom stereocenters. The van der Waals surface area contributed by atoms with Crippen molar-refractivity contribution in [1.82, 2.24) is 5.32 Å². The summed E-state index contributed by atoms with van der Waals surface area (Å²) in [4.78, 5) is 11.8. The monoisotopic (exact) mass is 366 g/mol. The molecule has 0 aromatic heterocycles. The molecule has 2 aliphatic rings. The molecule has 3 nitrogen and oxygen atoms in total. The molecule has 2 saturated carbocycles. The van der Waals surface area contributed by atoms with Crippen molar-refractivity contribution in [2.75, 3.05) is 6.54 Å². The van der Waals surface area contributed by atoms with Crippen molar-refractivity contribution in [3.05, 3.63) is 34.6 Å². The Bertz CT molecular complexity index is 608. The van der Waals surface area contributed by atoms with Crippen molar-refractivity contribution < 1.29 is 9.18 Å². The summed E-state index contributed by atoms with van der Waals surface area (Å²) in [5.41, 5.74) is 6.24.